The second-order valence-electron chi connectivity index (χ2n) is 9.30. The number of hydrogen-bond acceptors (Lipinski definition) is 6. The molecule has 1 saturated heterocycles. The normalized spacial score (nSPS) is 16.4. The van der Waals surface area contributed by atoms with E-state index < -0.39 is 11.7 Å². The molecule has 1 aliphatic heterocycles. The molecule has 3 N–H and O–H groups in total. The number of aryl methyl sites for hydroxylation is 1. The van der Waals surface area contributed by atoms with Gasteiger partial charge in [0.1, 0.15) is 5.52 Å². The molecule has 1 aliphatic carbocycles. The van der Waals surface area contributed by atoms with Gasteiger partial charge in [-0.3, -0.25) is 9.63 Å². The van der Waals surface area contributed by atoms with Crippen LogP contribution in [-0.4, -0.2) is 59.7 Å². The van der Waals surface area contributed by atoms with E-state index in [0.29, 0.717) is 35.3 Å². The molecule has 2 aromatic carbocycles. The quantitative estimate of drug-likeness (QED) is 0.302. The van der Waals surface area contributed by atoms with Crippen LogP contribution in [0, 0.1) is 11.7 Å². The second kappa shape index (κ2) is 11.4. The number of aromatic nitrogens is 2. The molecule has 1 amide bonds. The lowest BCUT2D eigenvalue weighted by Gasteiger charge is -2.27. The Bertz CT molecular complexity index is 1250. The van der Waals surface area contributed by atoms with E-state index in [9.17, 15) is 4.79 Å². The molecule has 0 radical (unpaired) electrons. The van der Waals surface area contributed by atoms with Gasteiger partial charge in [-0.15, -0.1) is 0 Å². The molecule has 5 rings (SSSR count). The Labute approximate surface area is 222 Å². The van der Waals surface area contributed by atoms with Crippen molar-refractivity contribution < 1.29 is 14.0 Å². The van der Waals surface area contributed by atoms with Gasteiger partial charge in [0.2, 0.25) is 0 Å². The fourth-order valence-corrected chi connectivity index (χ4v) is 5.05. The number of carbonyl (C=O) groups excluding carboxylic acids is 1. The first kappa shape index (κ1) is 25.4. The fraction of sp³-hybridized carbons (Fsp3) is 0.440. The van der Waals surface area contributed by atoms with Crippen molar-refractivity contribution >= 4 is 55.8 Å². The number of piperazine rings is 1. The topological polar surface area (TPSA) is 83.5 Å². The van der Waals surface area contributed by atoms with E-state index in [2.05, 4.69) is 41.9 Å². The maximum atomic E-state index is 15.8. The number of fused-ring (bicyclic) bond motifs is 1. The number of hydroxylamine groups is 1. The first-order valence-corrected chi connectivity index (χ1v) is 13.4. The van der Waals surface area contributed by atoms with E-state index in [1.165, 1.54) is 0 Å². The van der Waals surface area contributed by atoms with Crippen LogP contribution in [0.25, 0.3) is 11.0 Å². The predicted octanol–water partition coefficient (Wildman–Crippen LogP) is 4.70. The summed E-state index contributed by atoms with van der Waals surface area (Å²) in [5.41, 5.74) is 3.84. The van der Waals surface area contributed by atoms with Gasteiger partial charge in [-0.05, 0) is 56.0 Å². The van der Waals surface area contributed by atoms with Crippen molar-refractivity contribution in [2.24, 2.45) is 5.92 Å². The van der Waals surface area contributed by atoms with Gasteiger partial charge < -0.3 is 20.1 Å². The minimum Gasteiger partial charge on any atom is -0.351 e. The number of nitrogens with one attached hydrogen (secondary N) is 3. The molecule has 2 heterocycles. The number of amides is 1. The van der Waals surface area contributed by atoms with Crippen molar-refractivity contribution in [3.8, 4) is 0 Å². The van der Waals surface area contributed by atoms with Crippen molar-refractivity contribution in [2.75, 3.05) is 44.6 Å². The first-order chi connectivity index (χ1) is 17.5. The fourth-order valence-electron chi connectivity index (χ4n) is 4.33. The molecule has 3 aromatic rings. The summed E-state index contributed by atoms with van der Waals surface area (Å²) in [6.45, 7) is 6.12. The Morgan fingerprint density at radius 1 is 1.25 bits per heavy atom. The van der Waals surface area contributed by atoms with E-state index >= 15 is 4.39 Å². The van der Waals surface area contributed by atoms with Crippen LogP contribution >= 0.6 is 27.5 Å². The average molecular weight is 580 g/mol. The zero-order chi connectivity index (χ0) is 25.1. The highest BCUT2D eigenvalue weighted by atomic mass is 79.9. The van der Waals surface area contributed by atoms with E-state index in [4.69, 9.17) is 16.4 Å². The minimum atomic E-state index is -0.611. The summed E-state index contributed by atoms with van der Waals surface area (Å²) in [4.78, 5) is 25.3. The van der Waals surface area contributed by atoms with E-state index in [0.717, 1.165) is 56.5 Å². The maximum absolute atomic E-state index is 15.8. The third-order valence-electron chi connectivity index (χ3n) is 6.56. The van der Waals surface area contributed by atoms with Crippen LogP contribution in [0.1, 0.15) is 29.6 Å². The first-order valence-electron chi connectivity index (χ1n) is 12.2. The molecule has 0 bridgehead atoms. The Hall–Kier alpha value is -2.24. The summed E-state index contributed by atoms with van der Waals surface area (Å²) in [5.74, 6) is -0.666. The number of halogens is 3. The highest BCUT2D eigenvalue weighted by molar-refractivity contribution is 9.10. The molecule has 192 valence electrons. The number of benzene rings is 2. The van der Waals surface area contributed by atoms with Gasteiger partial charge in [0.15, 0.2) is 5.82 Å². The SMILES string of the molecule is O=C(NOCC1CC1)c1cc2c(ncn2CCCN2CCNCC2)c(F)c1Nc1ccc(Br)cc1Cl. The molecular formula is C25H29BrClFN6O2. The highest BCUT2D eigenvalue weighted by Gasteiger charge is 2.25. The Morgan fingerprint density at radius 2 is 2.06 bits per heavy atom. The standard InChI is InChI=1S/C25H29BrClFN6O2/c26-17-4-5-20(19(27)12-17)31-23-18(25(35)32-36-14-16-2-3-16)13-21-24(22(23)28)30-15-34(21)9-1-8-33-10-6-29-7-11-33/h4-5,12-13,15-16,29,31H,1-3,6-11,14H2,(H,32,35). The minimum absolute atomic E-state index is 0.00492. The summed E-state index contributed by atoms with van der Waals surface area (Å²) in [6, 6.07) is 6.87. The van der Waals surface area contributed by atoms with Crippen LogP contribution in [0.4, 0.5) is 15.8 Å². The van der Waals surface area contributed by atoms with Crippen molar-refractivity contribution in [3.05, 3.63) is 51.5 Å². The molecule has 1 aromatic heterocycles. The molecule has 1 saturated carbocycles. The number of hydrogen-bond donors (Lipinski definition) is 3. The van der Waals surface area contributed by atoms with Crippen molar-refractivity contribution in [2.45, 2.75) is 25.8 Å². The largest absolute Gasteiger partial charge is 0.351 e. The summed E-state index contributed by atoms with van der Waals surface area (Å²) in [7, 11) is 0. The lowest BCUT2D eigenvalue weighted by Crippen LogP contribution is -2.43. The van der Waals surface area contributed by atoms with Crippen LogP contribution in [0.15, 0.2) is 35.1 Å². The third kappa shape index (κ3) is 6.00. The lowest BCUT2D eigenvalue weighted by atomic mass is 10.1. The molecule has 0 unspecified atom stereocenters. The lowest BCUT2D eigenvalue weighted by molar-refractivity contribution is 0.0271. The Morgan fingerprint density at radius 3 is 2.81 bits per heavy atom. The second-order valence-corrected chi connectivity index (χ2v) is 10.6. The Balaban J connectivity index is 1.42. The molecular weight excluding hydrogens is 551 g/mol. The van der Waals surface area contributed by atoms with Crippen LogP contribution in [0.2, 0.25) is 5.02 Å². The van der Waals surface area contributed by atoms with Crippen LogP contribution in [0.5, 0.6) is 0 Å². The zero-order valence-corrected chi connectivity index (χ0v) is 22.2. The van der Waals surface area contributed by atoms with Crippen LogP contribution < -0.4 is 16.1 Å². The van der Waals surface area contributed by atoms with Crippen molar-refractivity contribution in [3.63, 3.8) is 0 Å². The van der Waals surface area contributed by atoms with Gasteiger partial charge in [-0.2, -0.15) is 0 Å². The zero-order valence-electron chi connectivity index (χ0n) is 19.8. The number of rotatable bonds is 10. The van der Waals surface area contributed by atoms with Gasteiger partial charge in [-0.1, -0.05) is 27.5 Å². The van der Waals surface area contributed by atoms with E-state index in [-0.39, 0.29) is 16.8 Å². The average Bonchev–Trinajstić information content (AvgIpc) is 3.61. The molecule has 8 nitrogen and oxygen atoms in total. The van der Waals surface area contributed by atoms with E-state index in [1.807, 2.05) is 4.57 Å². The molecule has 2 fully saturated rings. The summed E-state index contributed by atoms with van der Waals surface area (Å²) >= 11 is 9.74. The van der Waals surface area contributed by atoms with E-state index in [1.54, 1.807) is 30.6 Å². The smallest absolute Gasteiger partial charge is 0.277 e. The van der Waals surface area contributed by atoms with Gasteiger partial charge >= 0.3 is 0 Å². The van der Waals surface area contributed by atoms with Gasteiger partial charge in [0.05, 0.1) is 40.4 Å². The van der Waals surface area contributed by atoms with Crippen molar-refractivity contribution in [1.29, 1.82) is 0 Å². The molecule has 11 heteroatoms. The van der Waals surface area contributed by atoms with Gasteiger partial charge in [0.25, 0.3) is 5.91 Å². The summed E-state index contributed by atoms with van der Waals surface area (Å²) in [5, 5.41) is 6.75. The molecule has 2 aliphatic rings. The predicted molar refractivity (Wildman–Crippen MR) is 142 cm³/mol. The number of carbonyl (C=O) groups is 1. The van der Waals surface area contributed by atoms with Crippen LogP contribution in [0.3, 0.4) is 0 Å². The molecule has 0 spiro atoms. The maximum Gasteiger partial charge on any atom is 0.277 e. The monoisotopic (exact) mass is 578 g/mol. The van der Waals surface area contributed by atoms with Gasteiger partial charge in [0, 0.05) is 37.2 Å². The summed E-state index contributed by atoms with van der Waals surface area (Å²) < 4.78 is 18.5. The van der Waals surface area contributed by atoms with Crippen molar-refractivity contribution in [1.82, 2.24) is 25.2 Å². The Kier molecular flexibility index (Phi) is 8.07. The third-order valence-corrected chi connectivity index (χ3v) is 7.36. The number of anilines is 2. The molecule has 0 atom stereocenters. The highest BCUT2D eigenvalue weighted by Crippen LogP contribution is 2.34. The van der Waals surface area contributed by atoms with Crippen LogP contribution in [-0.2, 0) is 11.4 Å². The molecule has 36 heavy (non-hydrogen) atoms. The number of imidazole rings is 1. The van der Waals surface area contributed by atoms with Gasteiger partial charge in [-0.25, -0.2) is 14.9 Å². The summed E-state index contributed by atoms with van der Waals surface area (Å²) in [6.07, 6.45) is 4.72. The number of nitrogens with zero attached hydrogens (tertiary/aromatic N) is 3.